The Morgan fingerprint density at radius 3 is 2.60 bits per heavy atom. The van der Waals surface area contributed by atoms with Crippen LogP contribution < -0.4 is 11.2 Å². The standard InChI is InChI=1S/C17H14N6O2/c1-11-6-5-9-13-15(11)18-14(19-16(13)24)10-22-17(25)23(21-20-22)12-7-3-2-4-8-12/h2-9H,10H2,1H3,(H,18,19,24). The van der Waals surface area contributed by atoms with Crippen LogP contribution in [0.2, 0.25) is 0 Å². The minimum atomic E-state index is -0.404. The first-order chi connectivity index (χ1) is 12.1. The van der Waals surface area contributed by atoms with E-state index in [0.29, 0.717) is 22.4 Å². The molecule has 1 N–H and O–H groups in total. The number of aromatic amines is 1. The number of para-hydroxylation sites is 2. The van der Waals surface area contributed by atoms with Crippen molar-refractivity contribution < 1.29 is 0 Å². The summed E-state index contributed by atoms with van der Waals surface area (Å²) >= 11 is 0. The van der Waals surface area contributed by atoms with Crippen LogP contribution in [0.15, 0.2) is 58.1 Å². The predicted molar refractivity (Wildman–Crippen MR) is 91.8 cm³/mol. The van der Waals surface area contributed by atoms with Gasteiger partial charge in [0.05, 0.1) is 16.6 Å². The highest BCUT2D eigenvalue weighted by Crippen LogP contribution is 2.12. The molecule has 0 amide bonds. The van der Waals surface area contributed by atoms with E-state index < -0.39 is 5.69 Å². The number of fused-ring (bicyclic) bond motifs is 1. The highest BCUT2D eigenvalue weighted by atomic mass is 16.2. The summed E-state index contributed by atoms with van der Waals surface area (Å²) in [5.41, 5.74) is 1.48. The molecule has 25 heavy (non-hydrogen) atoms. The maximum Gasteiger partial charge on any atom is 0.368 e. The van der Waals surface area contributed by atoms with Crippen LogP contribution in [0.3, 0.4) is 0 Å². The first-order valence-corrected chi connectivity index (χ1v) is 7.70. The van der Waals surface area contributed by atoms with Gasteiger partial charge in [0.15, 0.2) is 0 Å². The van der Waals surface area contributed by atoms with Crippen molar-refractivity contribution in [2.45, 2.75) is 13.5 Å². The number of H-pyrrole nitrogens is 1. The van der Waals surface area contributed by atoms with E-state index >= 15 is 0 Å². The molecule has 0 atom stereocenters. The number of aromatic nitrogens is 6. The van der Waals surface area contributed by atoms with Crippen LogP contribution in [-0.4, -0.2) is 29.8 Å². The largest absolute Gasteiger partial charge is 0.368 e. The van der Waals surface area contributed by atoms with Crippen LogP contribution in [0.4, 0.5) is 0 Å². The van der Waals surface area contributed by atoms with Crippen molar-refractivity contribution in [1.29, 1.82) is 0 Å². The molecule has 8 heteroatoms. The Bertz CT molecular complexity index is 1170. The number of tetrazole rings is 1. The molecule has 0 radical (unpaired) electrons. The molecular formula is C17H14N6O2. The number of hydrogen-bond donors (Lipinski definition) is 1. The van der Waals surface area contributed by atoms with Crippen LogP contribution in [0.25, 0.3) is 16.6 Å². The van der Waals surface area contributed by atoms with Crippen LogP contribution in [0.1, 0.15) is 11.4 Å². The van der Waals surface area contributed by atoms with Crippen molar-refractivity contribution in [2.24, 2.45) is 0 Å². The Labute approximate surface area is 141 Å². The van der Waals surface area contributed by atoms with E-state index in [2.05, 4.69) is 20.4 Å². The lowest BCUT2D eigenvalue weighted by molar-refractivity contribution is 0.609. The third kappa shape index (κ3) is 2.63. The lowest BCUT2D eigenvalue weighted by Crippen LogP contribution is -2.26. The van der Waals surface area contributed by atoms with Crippen molar-refractivity contribution >= 4 is 10.9 Å². The van der Waals surface area contributed by atoms with Gasteiger partial charge in [-0.3, -0.25) is 4.79 Å². The van der Waals surface area contributed by atoms with Crippen LogP contribution in [0, 0.1) is 6.92 Å². The van der Waals surface area contributed by atoms with E-state index in [0.717, 1.165) is 10.2 Å². The van der Waals surface area contributed by atoms with E-state index in [1.54, 1.807) is 18.2 Å². The first kappa shape index (κ1) is 15.0. The molecule has 0 aliphatic carbocycles. The molecule has 2 aromatic heterocycles. The summed E-state index contributed by atoms with van der Waals surface area (Å²) in [4.78, 5) is 31.9. The topological polar surface area (TPSA) is 98.5 Å². The number of nitrogens with one attached hydrogen (secondary N) is 1. The molecule has 0 bridgehead atoms. The van der Waals surface area contributed by atoms with Gasteiger partial charge in [-0.2, -0.15) is 9.36 Å². The van der Waals surface area contributed by atoms with Gasteiger partial charge < -0.3 is 4.98 Å². The van der Waals surface area contributed by atoms with Gasteiger partial charge in [-0.15, -0.1) is 0 Å². The number of aryl methyl sites for hydroxylation is 1. The molecule has 0 aliphatic rings. The summed E-state index contributed by atoms with van der Waals surface area (Å²) in [5.74, 6) is 0.356. The van der Waals surface area contributed by atoms with E-state index in [4.69, 9.17) is 0 Å². The van der Waals surface area contributed by atoms with Gasteiger partial charge in [-0.05, 0) is 41.1 Å². The predicted octanol–water partition coefficient (Wildman–Crippen LogP) is 1.02. The van der Waals surface area contributed by atoms with Gasteiger partial charge in [0.2, 0.25) is 0 Å². The summed E-state index contributed by atoms with van der Waals surface area (Å²) in [6.45, 7) is 1.92. The molecule has 0 spiro atoms. The van der Waals surface area contributed by atoms with E-state index in [1.165, 1.54) is 4.68 Å². The second-order valence-electron chi connectivity index (χ2n) is 5.65. The van der Waals surface area contributed by atoms with Gasteiger partial charge >= 0.3 is 5.69 Å². The number of rotatable bonds is 3. The fourth-order valence-electron chi connectivity index (χ4n) is 2.67. The Balaban J connectivity index is 1.76. The van der Waals surface area contributed by atoms with Crippen LogP contribution in [0.5, 0.6) is 0 Å². The Morgan fingerprint density at radius 2 is 1.80 bits per heavy atom. The lowest BCUT2D eigenvalue weighted by Gasteiger charge is -2.04. The zero-order valence-electron chi connectivity index (χ0n) is 13.4. The molecule has 0 saturated heterocycles. The minimum Gasteiger partial charge on any atom is -0.308 e. The average molecular weight is 334 g/mol. The molecule has 4 rings (SSSR count). The lowest BCUT2D eigenvalue weighted by atomic mass is 10.1. The minimum absolute atomic E-state index is 0.0329. The van der Waals surface area contributed by atoms with Gasteiger partial charge in [0, 0.05) is 0 Å². The molecular weight excluding hydrogens is 320 g/mol. The smallest absolute Gasteiger partial charge is 0.308 e. The van der Waals surface area contributed by atoms with Crippen molar-refractivity contribution in [3.05, 3.63) is 80.8 Å². The number of benzene rings is 2. The molecule has 0 unspecified atom stereocenters. The highest BCUT2D eigenvalue weighted by molar-refractivity contribution is 5.80. The molecule has 2 aromatic carbocycles. The maximum atomic E-state index is 12.5. The Morgan fingerprint density at radius 1 is 1.00 bits per heavy atom. The molecule has 0 fully saturated rings. The van der Waals surface area contributed by atoms with E-state index in [1.807, 2.05) is 37.3 Å². The monoisotopic (exact) mass is 334 g/mol. The van der Waals surface area contributed by atoms with Crippen molar-refractivity contribution in [2.75, 3.05) is 0 Å². The summed E-state index contributed by atoms with van der Waals surface area (Å²) in [6, 6.07) is 14.4. The zero-order chi connectivity index (χ0) is 17.4. The first-order valence-electron chi connectivity index (χ1n) is 7.70. The van der Waals surface area contributed by atoms with E-state index in [-0.39, 0.29) is 12.1 Å². The third-order valence-electron chi connectivity index (χ3n) is 3.93. The highest BCUT2D eigenvalue weighted by Gasteiger charge is 2.12. The maximum absolute atomic E-state index is 12.5. The van der Waals surface area contributed by atoms with Crippen molar-refractivity contribution in [3.8, 4) is 5.69 Å². The summed E-state index contributed by atoms with van der Waals surface area (Å²) in [5, 5.41) is 8.27. The van der Waals surface area contributed by atoms with Gasteiger partial charge in [0.1, 0.15) is 12.4 Å². The molecule has 4 aromatic rings. The van der Waals surface area contributed by atoms with Gasteiger partial charge in [-0.1, -0.05) is 30.3 Å². The van der Waals surface area contributed by atoms with Crippen LogP contribution in [-0.2, 0) is 6.54 Å². The number of nitrogens with zero attached hydrogens (tertiary/aromatic N) is 5. The second-order valence-corrected chi connectivity index (χ2v) is 5.65. The summed E-state index contributed by atoms with van der Waals surface area (Å²) < 4.78 is 2.36. The summed E-state index contributed by atoms with van der Waals surface area (Å²) in [7, 11) is 0. The molecule has 2 heterocycles. The molecule has 0 saturated carbocycles. The summed E-state index contributed by atoms with van der Waals surface area (Å²) in [6.07, 6.45) is 0. The average Bonchev–Trinajstić information content (AvgIpc) is 2.97. The normalized spacial score (nSPS) is 11.1. The number of hydrogen-bond acceptors (Lipinski definition) is 5. The van der Waals surface area contributed by atoms with Crippen LogP contribution >= 0.6 is 0 Å². The van der Waals surface area contributed by atoms with Gasteiger partial charge in [0.25, 0.3) is 5.56 Å². The molecule has 8 nitrogen and oxygen atoms in total. The quantitative estimate of drug-likeness (QED) is 0.603. The van der Waals surface area contributed by atoms with Crippen molar-refractivity contribution in [1.82, 2.24) is 29.8 Å². The fraction of sp³-hybridized carbons (Fsp3) is 0.118. The third-order valence-corrected chi connectivity index (χ3v) is 3.93. The van der Waals surface area contributed by atoms with E-state index in [9.17, 15) is 9.59 Å². The SMILES string of the molecule is Cc1cccc2c(=O)[nH]c(Cn3nnn(-c4ccccc4)c3=O)nc12. The van der Waals surface area contributed by atoms with Crippen molar-refractivity contribution in [3.63, 3.8) is 0 Å². The second kappa shape index (κ2) is 5.82. The molecule has 0 aliphatic heterocycles. The molecule has 124 valence electrons. The Kier molecular flexibility index (Phi) is 3.50. The zero-order valence-corrected chi connectivity index (χ0v) is 13.4. The Hall–Kier alpha value is -3.55. The fourth-order valence-corrected chi connectivity index (χ4v) is 2.67. The van der Waals surface area contributed by atoms with Gasteiger partial charge in [-0.25, -0.2) is 9.78 Å².